The fourth-order valence-corrected chi connectivity index (χ4v) is 5.95. The van der Waals surface area contributed by atoms with Crippen LogP contribution < -0.4 is 14.2 Å². The van der Waals surface area contributed by atoms with Crippen LogP contribution in [0.4, 0.5) is 4.39 Å². The molecule has 0 spiro atoms. The summed E-state index contributed by atoms with van der Waals surface area (Å²) in [5, 5.41) is 10.3. The molecule has 1 aliphatic rings. The van der Waals surface area contributed by atoms with E-state index in [9.17, 15) is 19.0 Å². The Labute approximate surface area is 223 Å². The van der Waals surface area contributed by atoms with Crippen molar-refractivity contribution in [1.82, 2.24) is 4.98 Å². The number of aliphatic hydroxyl groups is 1. The van der Waals surface area contributed by atoms with Gasteiger partial charge in [0.05, 0.1) is 33.1 Å². The van der Waals surface area contributed by atoms with Gasteiger partial charge in [-0.25, -0.2) is 0 Å². The van der Waals surface area contributed by atoms with E-state index in [0.29, 0.717) is 29.8 Å². The number of nitrogens with zero attached hydrogens (tertiary/aromatic N) is 1. The van der Waals surface area contributed by atoms with Crippen LogP contribution in [-0.2, 0) is 4.57 Å². The van der Waals surface area contributed by atoms with Gasteiger partial charge in [-0.05, 0) is 84.0 Å². The third-order valence-electron chi connectivity index (χ3n) is 7.08. The summed E-state index contributed by atoms with van der Waals surface area (Å²) < 4.78 is 42.5. The SMILES string of the molecule is COc1ccc(-c2cc(F)nc(OC)c2)c(C2CCC(COc3cccc([C@H](O)CP(C)(=O)O)c3)CC2)c1. The molecule has 1 heterocycles. The Morgan fingerprint density at radius 1 is 1.03 bits per heavy atom. The van der Waals surface area contributed by atoms with E-state index in [1.165, 1.54) is 19.8 Å². The second-order valence-corrected chi connectivity index (χ2v) is 12.5. The van der Waals surface area contributed by atoms with Crippen molar-refractivity contribution < 1.29 is 33.2 Å². The van der Waals surface area contributed by atoms with E-state index in [4.69, 9.17) is 14.2 Å². The minimum absolute atomic E-state index is 0.189. The molecule has 4 rings (SSSR count). The molecule has 2 aromatic carbocycles. The molecule has 1 unspecified atom stereocenters. The fourth-order valence-electron chi connectivity index (χ4n) is 5.09. The topological polar surface area (TPSA) is 98.1 Å². The molecule has 204 valence electrons. The number of hydrogen-bond donors (Lipinski definition) is 2. The summed E-state index contributed by atoms with van der Waals surface area (Å²) >= 11 is 0. The lowest BCUT2D eigenvalue weighted by molar-refractivity contribution is 0.192. The Kier molecular flexibility index (Phi) is 9.08. The van der Waals surface area contributed by atoms with E-state index in [0.717, 1.165) is 48.1 Å². The lowest BCUT2D eigenvalue weighted by Crippen LogP contribution is -2.19. The summed E-state index contributed by atoms with van der Waals surface area (Å²) in [5.41, 5.74) is 3.35. The Morgan fingerprint density at radius 3 is 2.47 bits per heavy atom. The molecule has 9 heteroatoms. The van der Waals surface area contributed by atoms with Gasteiger partial charge >= 0.3 is 0 Å². The van der Waals surface area contributed by atoms with Crippen LogP contribution >= 0.6 is 7.37 Å². The zero-order chi connectivity index (χ0) is 27.3. The molecule has 0 radical (unpaired) electrons. The van der Waals surface area contributed by atoms with E-state index < -0.39 is 19.4 Å². The van der Waals surface area contributed by atoms with Crippen LogP contribution in [0, 0.1) is 11.9 Å². The number of aromatic nitrogens is 1. The standard InChI is InChI=1S/C29H35FNO6P/c1-35-23-11-12-25(22-14-28(30)31-29(15-22)36-2)26(16-23)20-9-7-19(8-10-20)17-37-24-6-4-5-21(13-24)27(32)18-38(3,33)34/h4-6,11-16,19-20,27,32H,7-10,17-18H2,1-3H3,(H,33,34)/t19?,20?,27-/m1/s1. The smallest absolute Gasteiger partial charge is 0.216 e. The quantitative estimate of drug-likeness (QED) is 0.232. The van der Waals surface area contributed by atoms with Gasteiger partial charge < -0.3 is 24.2 Å². The highest BCUT2D eigenvalue weighted by Crippen LogP contribution is 2.43. The van der Waals surface area contributed by atoms with Crippen molar-refractivity contribution in [2.24, 2.45) is 5.92 Å². The van der Waals surface area contributed by atoms with Crippen LogP contribution in [0.25, 0.3) is 11.1 Å². The first kappa shape index (κ1) is 28.1. The molecule has 3 aromatic rings. The van der Waals surface area contributed by atoms with E-state index in [-0.39, 0.29) is 12.0 Å². The predicted octanol–water partition coefficient (Wildman–Crippen LogP) is 6.19. The van der Waals surface area contributed by atoms with Gasteiger partial charge in [0, 0.05) is 18.8 Å². The van der Waals surface area contributed by atoms with Gasteiger partial charge in [0.15, 0.2) is 0 Å². The predicted molar refractivity (Wildman–Crippen MR) is 145 cm³/mol. The van der Waals surface area contributed by atoms with Crippen molar-refractivity contribution in [2.75, 3.05) is 33.7 Å². The maximum absolute atomic E-state index is 14.2. The highest BCUT2D eigenvalue weighted by atomic mass is 31.2. The molecular weight excluding hydrogens is 508 g/mol. The summed E-state index contributed by atoms with van der Waals surface area (Å²) in [7, 11) is -0.221. The van der Waals surface area contributed by atoms with Crippen LogP contribution in [0.5, 0.6) is 17.4 Å². The molecule has 7 nitrogen and oxygen atoms in total. The van der Waals surface area contributed by atoms with E-state index >= 15 is 0 Å². The minimum atomic E-state index is -3.33. The van der Waals surface area contributed by atoms with Crippen LogP contribution in [-0.4, -0.2) is 48.6 Å². The average molecular weight is 544 g/mol. The van der Waals surface area contributed by atoms with Gasteiger partial charge in [-0.1, -0.05) is 18.2 Å². The number of aliphatic hydroxyl groups excluding tert-OH is 1. The third-order valence-corrected chi connectivity index (χ3v) is 8.10. The van der Waals surface area contributed by atoms with E-state index in [2.05, 4.69) is 4.98 Å². The zero-order valence-electron chi connectivity index (χ0n) is 22.0. The van der Waals surface area contributed by atoms with Crippen molar-refractivity contribution in [3.05, 3.63) is 71.7 Å². The van der Waals surface area contributed by atoms with Crippen molar-refractivity contribution in [2.45, 2.75) is 37.7 Å². The summed E-state index contributed by atoms with van der Waals surface area (Å²) in [6.45, 7) is 1.80. The van der Waals surface area contributed by atoms with Gasteiger partial charge in [0.25, 0.3) is 0 Å². The fraction of sp³-hybridized carbons (Fsp3) is 0.414. The lowest BCUT2D eigenvalue weighted by Gasteiger charge is -2.30. The molecule has 1 aromatic heterocycles. The molecule has 2 N–H and O–H groups in total. The summed E-state index contributed by atoms with van der Waals surface area (Å²) in [5.74, 6) is 1.72. The minimum Gasteiger partial charge on any atom is -0.497 e. The Morgan fingerprint density at radius 2 is 1.79 bits per heavy atom. The molecule has 1 saturated carbocycles. The van der Waals surface area contributed by atoms with Crippen LogP contribution in [0.1, 0.15) is 48.8 Å². The maximum Gasteiger partial charge on any atom is 0.216 e. The van der Waals surface area contributed by atoms with Gasteiger partial charge in [-0.15, -0.1) is 0 Å². The molecular formula is C29H35FNO6P. The zero-order valence-corrected chi connectivity index (χ0v) is 22.9. The number of benzene rings is 2. The molecule has 0 amide bonds. The molecule has 0 aliphatic heterocycles. The highest BCUT2D eigenvalue weighted by molar-refractivity contribution is 7.57. The van der Waals surface area contributed by atoms with Crippen molar-refractivity contribution in [3.8, 4) is 28.5 Å². The monoisotopic (exact) mass is 543 g/mol. The second kappa shape index (κ2) is 12.3. The Hall–Kier alpha value is -2.93. The average Bonchev–Trinajstić information content (AvgIpc) is 2.90. The first-order chi connectivity index (χ1) is 18.1. The van der Waals surface area contributed by atoms with Gasteiger partial charge in [0.1, 0.15) is 11.5 Å². The largest absolute Gasteiger partial charge is 0.497 e. The number of pyridine rings is 1. The first-order valence-electron chi connectivity index (χ1n) is 12.7. The summed E-state index contributed by atoms with van der Waals surface area (Å²) in [6, 6.07) is 16.1. The molecule has 0 bridgehead atoms. The van der Waals surface area contributed by atoms with E-state index in [1.807, 2.05) is 24.3 Å². The molecule has 2 atom stereocenters. The second-order valence-electron chi connectivity index (χ2n) is 10.0. The first-order valence-corrected chi connectivity index (χ1v) is 15.0. The molecule has 0 saturated heterocycles. The number of methoxy groups -OCH3 is 2. The molecule has 1 aliphatic carbocycles. The van der Waals surface area contributed by atoms with Gasteiger partial charge in [0.2, 0.25) is 19.2 Å². The van der Waals surface area contributed by atoms with E-state index in [1.54, 1.807) is 31.4 Å². The molecule has 38 heavy (non-hydrogen) atoms. The van der Waals surface area contributed by atoms with Crippen molar-refractivity contribution in [3.63, 3.8) is 0 Å². The highest BCUT2D eigenvalue weighted by Gasteiger charge is 2.26. The summed E-state index contributed by atoms with van der Waals surface area (Å²) in [6.07, 6.45) is 2.66. The number of rotatable bonds is 10. The van der Waals surface area contributed by atoms with Gasteiger partial charge in [-0.3, -0.25) is 4.57 Å². The van der Waals surface area contributed by atoms with Crippen LogP contribution in [0.2, 0.25) is 0 Å². The Balaban J connectivity index is 1.42. The van der Waals surface area contributed by atoms with Crippen LogP contribution in [0.15, 0.2) is 54.6 Å². The number of ether oxygens (including phenoxy) is 3. The Bertz CT molecular complexity index is 1290. The lowest BCUT2D eigenvalue weighted by atomic mass is 9.77. The molecule has 1 fully saturated rings. The van der Waals surface area contributed by atoms with Gasteiger partial charge in [-0.2, -0.15) is 9.37 Å². The number of halogens is 1. The normalized spacial score (nSPS) is 19.8. The number of hydrogen-bond acceptors (Lipinski definition) is 6. The van der Waals surface area contributed by atoms with Crippen molar-refractivity contribution >= 4 is 7.37 Å². The summed E-state index contributed by atoms with van der Waals surface area (Å²) in [4.78, 5) is 13.3. The van der Waals surface area contributed by atoms with Crippen LogP contribution in [0.3, 0.4) is 0 Å². The maximum atomic E-state index is 14.2. The van der Waals surface area contributed by atoms with Crippen molar-refractivity contribution in [1.29, 1.82) is 0 Å². The third kappa shape index (κ3) is 7.34.